The Labute approximate surface area is 77.1 Å². The molecule has 0 aromatic rings. The fourth-order valence-electron chi connectivity index (χ4n) is 1.64. The molecule has 0 radical (unpaired) electrons. The Morgan fingerprint density at radius 3 is 2.17 bits per heavy atom. The van der Waals surface area contributed by atoms with Gasteiger partial charge in [0, 0.05) is 13.1 Å². The highest BCUT2D eigenvalue weighted by atomic mass is 15.1. The van der Waals surface area contributed by atoms with Gasteiger partial charge < -0.3 is 4.90 Å². The van der Waals surface area contributed by atoms with Crippen molar-refractivity contribution in [1.82, 2.24) is 4.90 Å². The molecule has 0 N–H and O–H groups in total. The maximum Gasteiger partial charge on any atom is 0.00300 e. The highest BCUT2D eigenvalue weighted by Gasteiger charge is 2.25. The Kier molecular flexibility index (Phi) is 3.16. The number of hydrogen-bond acceptors (Lipinski definition) is 1. The van der Waals surface area contributed by atoms with E-state index in [1.54, 1.807) is 0 Å². The first kappa shape index (κ1) is 10.0. The van der Waals surface area contributed by atoms with Crippen molar-refractivity contribution in [3.05, 3.63) is 0 Å². The van der Waals surface area contributed by atoms with Crippen LogP contribution in [0.5, 0.6) is 0 Å². The highest BCUT2D eigenvalue weighted by Crippen LogP contribution is 2.30. The van der Waals surface area contributed by atoms with Gasteiger partial charge in [-0.3, -0.25) is 0 Å². The first-order valence-corrected chi connectivity index (χ1v) is 5.23. The minimum Gasteiger partial charge on any atom is -0.303 e. The lowest BCUT2D eigenvalue weighted by Gasteiger charge is -2.28. The topological polar surface area (TPSA) is 3.24 Å². The molecule has 1 fully saturated rings. The Bertz CT molecular complexity index is 130. The molecule has 0 atom stereocenters. The van der Waals surface area contributed by atoms with Crippen molar-refractivity contribution < 1.29 is 0 Å². The summed E-state index contributed by atoms with van der Waals surface area (Å²) in [5, 5.41) is 0. The van der Waals surface area contributed by atoms with E-state index in [0.29, 0.717) is 5.41 Å². The Morgan fingerprint density at radius 2 is 1.83 bits per heavy atom. The van der Waals surface area contributed by atoms with E-state index in [1.165, 1.54) is 32.5 Å². The second-order valence-corrected chi connectivity index (χ2v) is 5.33. The third-order valence-corrected chi connectivity index (χ3v) is 2.36. The lowest BCUT2D eigenvalue weighted by atomic mass is 9.96. The predicted molar refractivity (Wildman–Crippen MR) is 54.3 cm³/mol. The molecule has 1 heteroatoms. The summed E-state index contributed by atoms with van der Waals surface area (Å²) in [6.45, 7) is 13.0. The summed E-state index contributed by atoms with van der Waals surface area (Å²) in [5.74, 6) is 1.03. The maximum atomic E-state index is 2.59. The molecule has 1 nitrogen and oxygen atoms in total. The third-order valence-electron chi connectivity index (χ3n) is 2.36. The van der Waals surface area contributed by atoms with Gasteiger partial charge in [0.25, 0.3) is 0 Å². The van der Waals surface area contributed by atoms with Gasteiger partial charge in [0.15, 0.2) is 0 Å². The van der Waals surface area contributed by atoms with Gasteiger partial charge in [0.2, 0.25) is 0 Å². The molecule has 0 bridgehead atoms. The van der Waals surface area contributed by atoms with E-state index in [1.807, 2.05) is 0 Å². The van der Waals surface area contributed by atoms with Crippen molar-refractivity contribution in [2.75, 3.05) is 19.6 Å². The quantitative estimate of drug-likeness (QED) is 0.625. The molecule has 0 spiro atoms. The van der Waals surface area contributed by atoms with Crippen LogP contribution in [0.2, 0.25) is 0 Å². The van der Waals surface area contributed by atoms with Crippen molar-refractivity contribution in [3.8, 4) is 0 Å². The minimum atomic E-state index is 0.463. The van der Waals surface area contributed by atoms with E-state index in [2.05, 4.69) is 32.6 Å². The third kappa shape index (κ3) is 4.10. The van der Waals surface area contributed by atoms with E-state index in [9.17, 15) is 0 Å². The number of rotatable bonds is 4. The SMILES string of the molecule is CCN(CC1CC1)CC(C)(C)C. The molecule has 0 aliphatic heterocycles. The van der Waals surface area contributed by atoms with E-state index in [4.69, 9.17) is 0 Å². The lowest BCUT2D eigenvalue weighted by Crippen LogP contribution is -2.34. The maximum absolute atomic E-state index is 2.59. The summed E-state index contributed by atoms with van der Waals surface area (Å²) in [4.78, 5) is 2.59. The fraction of sp³-hybridized carbons (Fsp3) is 1.00. The molecular weight excluding hydrogens is 146 g/mol. The molecule has 1 saturated carbocycles. The fourth-order valence-corrected chi connectivity index (χ4v) is 1.64. The molecule has 0 saturated heterocycles. The van der Waals surface area contributed by atoms with Crippen molar-refractivity contribution in [1.29, 1.82) is 0 Å². The summed E-state index contributed by atoms with van der Waals surface area (Å²) < 4.78 is 0. The molecule has 0 aromatic heterocycles. The van der Waals surface area contributed by atoms with Crippen LogP contribution in [0.25, 0.3) is 0 Å². The average Bonchev–Trinajstić information content (AvgIpc) is 2.67. The molecule has 12 heavy (non-hydrogen) atoms. The lowest BCUT2D eigenvalue weighted by molar-refractivity contribution is 0.192. The van der Waals surface area contributed by atoms with Gasteiger partial charge >= 0.3 is 0 Å². The number of nitrogens with zero attached hydrogens (tertiary/aromatic N) is 1. The van der Waals surface area contributed by atoms with E-state index >= 15 is 0 Å². The van der Waals surface area contributed by atoms with Crippen LogP contribution < -0.4 is 0 Å². The second-order valence-electron chi connectivity index (χ2n) is 5.33. The molecule has 0 unspecified atom stereocenters. The van der Waals surface area contributed by atoms with Gasteiger partial charge in [-0.05, 0) is 30.7 Å². The van der Waals surface area contributed by atoms with E-state index in [0.717, 1.165) is 5.92 Å². The minimum absolute atomic E-state index is 0.463. The Morgan fingerprint density at radius 1 is 1.25 bits per heavy atom. The van der Waals surface area contributed by atoms with Crippen molar-refractivity contribution in [2.24, 2.45) is 11.3 Å². The first-order valence-electron chi connectivity index (χ1n) is 5.23. The van der Waals surface area contributed by atoms with Crippen molar-refractivity contribution in [3.63, 3.8) is 0 Å². The zero-order valence-corrected chi connectivity index (χ0v) is 9.06. The van der Waals surface area contributed by atoms with Crippen LogP contribution in [0.4, 0.5) is 0 Å². The Balaban J connectivity index is 2.23. The Hall–Kier alpha value is -0.0400. The second kappa shape index (κ2) is 3.78. The van der Waals surface area contributed by atoms with Gasteiger partial charge in [-0.25, -0.2) is 0 Å². The molecule has 0 heterocycles. The molecule has 1 aliphatic carbocycles. The molecule has 0 amide bonds. The van der Waals surface area contributed by atoms with Crippen LogP contribution in [-0.4, -0.2) is 24.5 Å². The van der Waals surface area contributed by atoms with Gasteiger partial charge in [-0.15, -0.1) is 0 Å². The highest BCUT2D eigenvalue weighted by molar-refractivity contribution is 4.78. The number of hydrogen-bond donors (Lipinski definition) is 0. The van der Waals surface area contributed by atoms with Gasteiger partial charge in [-0.2, -0.15) is 0 Å². The van der Waals surface area contributed by atoms with Crippen LogP contribution in [0, 0.1) is 11.3 Å². The van der Waals surface area contributed by atoms with Crippen LogP contribution in [0.3, 0.4) is 0 Å². The summed E-state index contributed by atoms with van der Waals surface area (Å²) in [5.41, 5.74) is 0.463. The van der Waals surface area contributed by atoms with Crippen molar-refractivity contribution in [2.45, 2.75) is 40.5 Å². The van der Waals surface area contributed by atoms with E-state index in [-0.39, 0.29) is 0 Å². The van der Waals surface area contributed by atoms with Gasteiger partial charge in [-0.1, -0.05) is 27.7 Å². The molecule has 72 valence electrons. The summed E-state index contributed by atoms with van der Waals surface area (Å²) in [6, 6.07) is 0. The standard InChI is InChI=1S/C11H23N/c1-5-12(8-10-6-7-10)9-11(2,3)4/h10H,5-9H2,1-4H3. The van der Waals surface area contributed by atoms with Gasteiger partial charge in [0.05, 0.1) is 0 Å². The van der Waals surface area contributed by atoms with Crippen LogP contribution in [0.15, 0.2) is 0 Å². The summed E-state index contributed by atoms with van der Waals surface area (Å²) in [6.07, 6.45) is 2.95. The predicted octanol–water partition coefficient (Wildman–Crippen LogP) is 2.76. The molecular formula is C11H23N. The normalized spacial score (nSPS) is 18.8. The molecule has 0 aromatic carbocycles. The summed E-state index contributed by atoms with van der Waals surface area (Å²) >= 11 is 0. The van der Waals surface area contributed by atoms with Crippen molar-refractivity contribution >= 4 is 0 Å². The van der Waals surface area contributed by atoms with Crippen LogP contribution in [0.1, 0.15) is 40.5 Å². The monoisotopic (exact) mass is 169 g/mol. The molecule has 1 rings (SSSR count). The first-order chi connectivity index (χ1) is 5.51. The zero-order valence-electron chi connectivity index (χ0n) is 9.06. The van der Waals surface area contributed by atoms with E-state index < -0.39 is 0 Å². The van der Waals surface area contributed by atoms with Crippen LogP contribution >= 0.6 is 0 Å². The molecule has 1 aliphatic rings. The smallest absolute Gasteiger partial charge is 0.00300 e. The zero-order chi connectivity index (χ0) is 9.19. The summed E-state index contributed by atoms with van der Waals surface area (Å²) in [7, 11) is 0. The largest absolute Gasteiger partial charge is 0.303 e. The average molecular weight is 169 g/mol. The van der Waals surface area contributed by atoms with Crippen LogP contribution in [-0.2, 0) is 0 Å². The van der Waals surface area contributed by atoms with Gasteiger partial charge in [0.1, 0.15) is 0 Å².